The Balaban J connectivity index is 2.12. The summed E-state index contributed by atoms with van der Waals surface area (Å²) in [5.74, 6) is 0.511. The number of fused-ring (bicyclic) bond motifs is 1. The van der Waals surface area contributed by atoms with E-state index >= 15 is 0 Å². The van der Waals surface area contributed by atoms with E-state index in [0.29, 0.717) is 12.3 Å². The molecule has 2 heteroatoms. The SMILES string of the molecule is CN1C(=O)CCC(c2ccccc2)c2ccccc21. The maximum absolute atomic E-state index is 12.1. The highest BCUT2D eigenvalue weighted by Crippen LogP contribution is 2.38. The zero-order chi connectivity index (χ0) is 13.2. The van der Waals surface area contributed by atoms with Gasteiger partial charge in [0, 0.05) is 25.1 Å². The van der Waals surface area contributed by atoms with Crippen LogP contribution in [0.25, 0.3) is 0 Å². The van der Waals surface area contributed by atoms with Crippen molar-refractivity contribution in [2.24, 2.45) is 0 Å². The lowest BCUT2D eigenvalue weighted by Gasteiger charge is -2.20. The van der Waals surface area contributed by atoms with Crippen LogP contribution in [0.3, 0.4) is 0 Å². The fourth-order valence-corrected chi connectivity index (χ4v) is 2.84. The number of para-hydroxylation sites is 1. The van der Waals surface area contributed by atoms with Gasteiger partial charge in [-0.15, -0.1) is 0 Å². The van der Waals surface area contributed by atoms with Crippen molar-refractivity contribution < 1.29 is 4.79 Å². The van der Waals surface area contributed by atoms with Gasteiger partial charge in [-0.2, -0.15) is 0 Å². The molecule has 0 bridgehead atoms. The van der Waals surface area contributed by atoms with E-state index in [4.69, 9.17) is 0 Å². The normalized spacial score (nSPS) is 18.9. The van der Waals surface area contributed by atoms with Crippen LogP contribution < -0.4 is 4.90 Å². The van der Waals surface area contributed by atoms with Gasteiger partial charge in [-0.1, -0.05) is 48.5 Å². The van der Waals surface area contributed by atoms with Crippen molar-refractivity contribution in [3.63, 3.8) is 0 Å². The standard InChI is InChI=1S/C17H17NO/c1-18-16-10-6-5-9-15(16)14(11-12-17(18)19)13-7-3-2-4-8-13/h2-10,14H,11-12H2,1H3. The molecule has 0 saturated carbocycles. The minimum atomic E-state index is 0.200. The van der Waals surface area contributed by atoms with Gasteiger partial charge in [-0.05, 0) is 23.6 Å². The van der Waals surface area contributed by atoms with E-state index < -0.39 is 0 Å². The van der Waals surface area contributed by atoms with Crippen LogP contribution >= 0.6 is 0 Å². The van der Waals surface area contributed by atoms with Gasteiger partial charge in [-0.25, -0.2) is 0 Å². The number of benzene rings is 2. The molecule has 1 unspecified atom stereocenters. The Kier molecular flexibility index (Phi) is 3.08. The van der Waals surface area contributed by atoms with Crippen LogP contribution in [0.1, 0.15) is 29.9 Å². The summed E-state index contributed by atoms with van der Waals surface area (Å²) in [7, 11) is 1.87. The molecule has 1 heterocycles. The maximum Gasteiger partial charge on any atom is 0.226 e. The highest BCUT2D eigenvalue weighted by Gasteiger charge is 2.26. The molecule has 19 heavy (non-hydrogen) atoms. The third kappa shape index (κ3) is 2.14. The first-order valence-electron chi connectivity index (χ1n) is 6.68. The lowest BCUT2D eigenvalue weighted by atomic mass is 9.87. The van der Waals surface area contributed by atoms with E-state index in [1.165, 1.54) is 11.1 Å². The summed E-state index contributed by atoms with van der Waals surface area (Å²) in [6, 6.07) is 18.7. The molecule has 0 spiro atoms. The molecule has 3 rings (SSSR count). The van der Waals surface area contributed by atoms with Gasteiger partial charge in [0.1, 0.15) is 0 Å². The fraction of sp³-hybridized carbons (Fsp3) is 0.235. The summed E-state index contributed by atoms with van der Waals surface area (Å²) in [5.41, 5.74) is 3.58. The lowest BCUT2D eigenvalue weighted by molar-refractivity contribution is -0.118. The van der Waals surface area contributed by atoms with Gasteiger partial charge in [0.25, 0.3) is 0 Å². The second kappa shape index (κ2) is 4.88. The Morgan fingerprint density at radius 1 is 1.00 bits per heavy atom. The third-order valence-electron chi connectivity index (χ3n) is 3.90. The van der Waals surface area contributed by atoms with E-state index in [1.807, 2.05) is 25.2 Å². The molecule has 2 aromatic carbocycles. The number of amides is 1. The monoisotopic (exact) mass is 251 g/mol. The van der Waals surface area contributed by atoms with Crippen molar-refractivity contribution in [1.82, 2.24) is 0 Å². The van der Waals surface area contributed by atoms with Gasteiger partial charge in [-0.3, -0.25) is 4.79 Å². The van der Waals surface area contributed by atoms with E-state index in [2.05, 4.69) is 36.4 Å². The third-order valence-corrected chi connectivity index (χ3v) is 3.90. The number of nitrogens with zero attached hydrogens (tertiary/aromatic N) is 1. The molecule has 0 radical (unpaired) electrons. The molecule has 0 aliphatic carbocycles. The lowest BCUT2D eigenvalue weighted by Crippen LogP contribution is -2.24. The first-order chi connectivity index (χ1) is 9.27. The Bertz CT molecular complexity index is 591. The van der Waals surface area contributed by atoms with Crippen LogP contribution in [-0.4, -0.2) is 13.0 Å². The Labute approximate surface area is 113 Å². The van der Waals surface area contributed by atoms with Crippen LogP contribution in [-0.2, 0) is 4.79 Å². The van der Waals surface area contributed by atoms with E-state index in [0.717, 1.165) is 12.1 Å². The smallest absolute Gasteiger partial charge is 0.226 e. The van der Waals surface area contributed by atoms with Crippen molar-refractivity contribution in [3.05, 3.63) is 65.7 Å². The number of rotatable bonds is 1. The minimum absolute atomic E-state index is 0.200. The summed E-state index contributed by atoms with van der Waals surface area (Å²) in [4.78, 5) is 13.9. The molecular weight excluding hydrogens is 234 g/mol. The van der Waals surface area contributed by atoms with Gasteiger partial charge < -0.3 is 4.90 Å². The van der Waals surface area contributed by atoms with E-state index in [9.17, 15) is 4.79 Å². The molecule has 1 amide bonds. The molecule has 96 valence electrons. The van der Waals surface area contributed by atoms with Gasteiger partial charge >= 0.3 is 0 Å². The van der Waals surface area contributed by atoms with Crippen LogP contribution in [0, 0.1) is 0 Å². The second-order valence-electron chi connectivity index (χ2n) is 5.01. The second-order valence-corrected chi connectivity index (χ2v) is 5.01. The summed E-state index contributed by atoms with van der Waals surface area (Å²) in [6.45, 7) is 0. The number of anilines is 1. The molecule has 0 aromatic heterocycles. The molecule has 2 aromatic rings. The van der Waals surface area contributed by atoms with Crippen molar-refractivity contribution in [3.8, 4) is 0 Å². The molecule has 1 aliphatic heterocycles. The molecule has 1 atom stereocenters. The zero-order valence-electron chi connectivity index (χ0n) is 11.0. The average Bonchev–Trinajstić information content (AvgIpc) is 2.59. The number of hydrogen-bond donors (Lipinski definition) is 0. The summed E-state index contributed by atoms with van der Waals surface area (Å²) >= 11 is 0. The van der Waals surface area contributed by atoms with Crippen molar-refractivity contribution >= 4 is 11.6 Å². The number of carbonyl (C=O) groups excluding carboxylic acids is 1. The van der Waals surface area contributed by atoms with Gasteiger partial charge in [0.05, 0.1) is 0 Å². The Hall–Kier alpha value is -2.09. The first-order valence-corrected chi connectivity index (χ1v) is 6.68. The summed E-state index contributed by atoms with van der Waals surface area (Å²) in [6.07, 6.45) is 1.48. The summed E-state index contributed by atoms with van der Waals surface area (Å²) < 4.78 is 0. The van der Waals surface area contributed by atoms with Crippen LogP contribution in [0.15, 0.2) is 54.6 Å². The van der Waals surface area contributed by atoms with Crippen molar-refractivity contribution in [1.29, 1.82) is 0 Å². The Morgan fingerprint density at radius 2 is 1.68 bits per heavy atom. The van der Waals surface area contributed by atoms with E-state index in [-0.39, 0.29) is 5.91 Å². The van der Waals surface area contributed by atoms with Crippen molar-refractivity contribution in [2.75, 3.05) is 11.9 Å². The molecule has 0 N–H and O–H groups in total. The van der Waals surface area contributed by atoms with Crippen LogP contribution in [0.5, 0.6) is 0 Å². The maximum atomic E-state index is 12.1. The topological polar surface area (TPSA) is 20.3 Å². The number of hydrogen-bond acceptors (Lipinski definition) is 1. The molecule has 2 nitrogen and oxygen atoms in total. The molecule has 0 fully saturated rings. The average molecular weight is 251 g/mol. The molecular formula is C17H17NO. The molecule has 1 aliphatic rings. The Morgan fingerprint density at radius 3 is 2.47 bits per heavy atom. The highest BCUT2D eigenvalue weighted by molar-refractivity contribution is 5.94. The predicted molar refractivity (Wildman–Crippen MR) is 77.4 cm³/mol. The zero-order valence-corrected chi connectivity index (χ0v) is 11.0. The van der Waals surface area contributed by atoms with E-state index in [1.54, 1.807) is 4.90 Å². The van der Waals surface area contributed by atoms with Gasteiger partial charge in [0.15, 0.2) is 0 Å². The minimum Gasteiger partial charge on any atom is -0.315 e. The summed E-state index contributed by atoms with van der Waals surface area (Å²) in [5, 5.41) is 0. The van der Waals surface area contributed by atoms with Gasteiger partial charge in [0.2, 0.25) is 5.91 Å². The van der Waals surface area contributed by atoms with Crippen LogP contribution in [0.2, 0.25) is 0 Å². The molecule has 0 saturated heterocycles. The number of carbonyl (C=O) groups is 1. The van der Waals surface area contributed by atoms with Crippen LogP contribution in [0.4, 0.5) is 5.69 Å². The predicted octanol–water partition coefficient (Wildman–Crippen LogP) is 3.58. The first kappa shape index (κ1) is 12.0. The fourth-order valence-electron chi connectivity index (χ4n) is 2.84. The quantitative estimate of drug-likeness (QED) is 0.758. The largest absolute Gasteiger partial charge is 0.315 e. The highest BCUT2D eigenvalue weighted by atomic mass is 16.2. The van der Waals surface area contributed by atoms with Crippen molar-refractivity contribution in [2.45, 2.75) is 18.8 Å².